The van der Waals surface area contributed by atoms with Crippen LogP contribution in [0.25, 0.3) is 11.1 Å². The molecule has 0 amide bonds. The molecule has 0 saturated carbocycles. The van der Waals surface area contributed by atoms with Gasteiger partial charge in [0.2, 0.25) is 0 Å². The summed E-state index contributed by atoms with van der Waals surface area (Å²) in [5, 5.41) is 0. The van der Waals surface area contributed by atoms with E-state index in [9.17, 15) is 26.3 Å². The van der Waals surface area contributed by atoms with Gasteiger partial charge in [0, 0.05) is 6.07 Å². The zero-order chi connectivity index (χ0) is 15.6. The van der Waals surface area contributed by atoms with Crippen molar-refractivity contribution in [3.63, 3.8) is 0 Å². The molecule has 112 valence electrons. The maximum Gasteiger partial charge on any atom is 0.417 e. The highest BCUT2D eigenvalue weighted by atomic mass is 19.4. The Kier molecular flexibility index (Phi) is 4.11. The zero-order valence-corrected chi connectivity index (χ0v) is 10.3. The monoisotopic (exact) mass is 306 g/mol. The maximum atomic E-state index is 13.4. The van der Waals surface area contributed by atoms with Crippen LogP contribution >= 0.6 is 0 Å². The van der Waals surface area contributed by atoms with Crippen LogP contribution in [0.5, 0.6) is 5.75 Å². The number of hydrogen-bond acceptors (Lipinski definition) is 1. The van der Waals surface area contributed by atoms with Gasteiger partial charge in [-0.1, -0.05) is 18.2 Å². The largest absolute Gasteiger partial charge is 0.435 e. The zero-order valence-electron chi connectivity index (χ0n) is 10.3. The first-order valence-corrected chi connectivity index (χ1v) is 5.69. The van der Waals surface area contributed by atoms with Gasteiger partial charge in [-0.25, -0.2) is 4.39 Å². The second kappa shape index (κ2) is 5.67. The molecule has 0 saturated heterocycles. The van der Waals surface area contributed by atoms with Crippen LogP contribution in [0.15, 0.2) is 42.5 Å². The first-order valence-electron chi connectivity index (χ1n) is 5.69. The predicted octanol–water partition coefficient (Wildman–Crippen LogP) is 5.11. The Morgan fingerprint density at radius 3 is 2.24 bits per heavy atom. The molecule has 2 aromatic carbocycles. The molecule has 0 aliphatic carbocycles. The van der Waals surface area contributed by atoms with Gasteiger partial charge in [-0.05, 0) is 29.3 Å². The number of halogens is 6. The molecule has 0 bridgehead atoms. The third kappa shape index (κ3) is 3.68. The molecule has 2 aromatic rings. The lowest BCUT2D eigenvalue weighted by atomic mass is 9.99. The molecular weight excluding hydrogens is 298 g/mol. The quantitative estimate of drug-likeness (QED) is 0.716. The van der Waals surface area contributed by atoms with Gasteiger partial charge in [0.1, 0.15) is 11.6 Å². The summed E-state index contributed by atoms with van der Waals surface area (Å²) in [6.45, 7) is -3.20. The van der Waals surface area contributed by atoms with E-state index in [1.165, 1.54) is 12.1 Å². The molecule has 7 heteroatoms. The van der Waals surface area contributed by atoms with Gasteiger partial charge in [0.05, 0.1) is 5.56 Å². The highest BCUT2D eigenvalue weighted by molar-refractivity contribution is 5.69. The third-order valence-corrected chi connectivity index (χ3v) is 2.64. The Labute approximate surface area is 115 Å². The van der Waals surface area contributed by atoms with E-state index in [0.29, 0.717) is 6.07 Å². The molecule has 1 nitrogen and oxygen atoms in total. The van der Waals surface area contributed by atoms with Crippen molar-refractivity contribution in [2.75, 3.05) is 0 Å². The molecule has 0 aliphatic heterocycles. The molecule has 0 unspecified atom stereocenters. The fraction of sp³-hybridized carbons (Fsp3) is 0.143. The summed E-state index contributed by atoms with van der Waals surface area (Å²) in [5.74, 6) is -1.52. The topological polar surface area (TPSA) is 9.23 Å². The van der Waals surface area contributed by atoms with E-state index in [2.05, 4.69) is 4.74 Å². The van der Waals surface area contributed by atoms with Crippen LogP contribution in [-0.4, -0.2) is 6.61 Å². The SMILES string of the molecule is Fc1cc(OC(F)F)cc(-c2ccccc2C(F)(F)F)c1. The van der Waals surface area contributed by atoms with Gasteiger partial charge in [0.25, 0.3) is 0 Å². The first kappa shape index (κ1) is 15.2. The standard InChI is InChI=1S/C14H8F6O/c15-9-5-8(6-10(7-9)21-13(16)17)11-3-1-2-4-12(11)14(18,19)20/h1-7,13H. The van der Waals surface area contributed by atoms with Gasteiger partial charge in [-0.2, -0.15) is 22.0 Å². The lowest BCUT2D eigenvalue weighted by Crippen LogP contribution is -2.07. The Morgan fingerprint density at radius 1 is 0.952 bits per heavy atom. The fourth-order valence-corrected chi connectivity index (χ4v) is 1.87. The van der Waals surface area contributed by atoms with Crippen molar-refractivity contribution in [3.05, 3.63) is 53.8 Å². The molecule has 0 N–H and O–H groups in total. The van der Waals surface area contributed by atoms with Gasteiger partial charge in [-0.3, -0.25) is 0 Å². The lowest BCUT2D eigenvalue weighted by Gasteiger charge is -2.14. The van der Waals surface area contributed by atoms with E-state index in [0.717, 1.165) is 24.3 Å². The minimum absolute atomic E-state index is 0.196. The fourth-order valence-electron chi connectivity index (χ4n) is 1.87. The van der Waals surface area contributed by atoms with Crippen molar-refractivity contribution < 1.29 is 31.1 Å². The molecule has 2 rings (SSSR count). The number of alkyl halides is 5. The molecule has 0 aromatic heterocycles. The van der Waals surface area contributed by atoms with Crippen LogP contribution in [0.2, 0.25) is 0 Å². The van der Waals surface area contributed by atoms with Gasteiger partial charge < -0.3 is 4.74 Å². The minimum Gasteiger partial charge on any atom is -0.435 e. The molecule has 21 heavy (non-hydrogen) atoms. The summed E-state index contributed by atoms with van der Waals surface area (Å²) >= 11 is 0. The van der Waals surface area contributed by atoms with Crippen molar-refractivity contribution in [2.45, 2.75) is 12.8 Å². The van der Waals surface area contributed by atoms with Crippen molar-refractivity contribution >= 4 is 0 Å². The predicted molar refractivity (Wildman–Crippen MR) is 63.5 cm³/mol. The van der Waals surface area contributed by atoms with Crippen molar-refractivity contribution in [1.82, 2.24) is 0 Å². The van der Waals surface area contributed by atoms with Crippen LogP contribution in [-0.2, 0) is 6.18 Å². The van der Waals surface area contributed by atoms with Gasteiger partial charge in [0.15, 0.2) is 0 Å². The average molecular weight is 306 g/mol. The summed E-state index contributed by atoms with van der Waals surface area (Å²) in [5.41, 5.74) is -1.50. The van der Waals surface area contributed by atoms with E-state index >= 15 is 0 Å². The summed E-state index contributed by atoms with van der Waals surface area (Å²) in [7, 11) is 0. The number of ether oxygens (including phenoxy) is 1. The molecule has 0 atom stereocenters. The number of rotatable bonds is 3. The summed E-state index contributed by atoms with van der Waals surface area (Å²) in [4.78, 5) is 0. The molecular formula is C14H8F6O. The van der Waals surface area contributed by atoms with Crippen LogP contribution in [0.4, 0.5) is 26.3 Å². The molecule has 0 heterocycles. The van der Waals surface area contributed by atoms with Crippen LogP contribution in [0.1, 0.15) is 5.56 Å². The summed E-state index contributed by atoms with van der Waals surface area (Å²) in [6.07, 6.45) is -4.65. The number of hydrogen-bond donors (Lipinski definition) is 0. The summed E-state index contributed by atoms with van der Waals surface area (Å²) in [6, 6.07) is 6.90. The Hall–Kier alpha value is -2.18. The Morgan fingerprint density at radius 2 is 1.62 bits per heavy atom. The van der Waals surface area contributed by atoms with E-state index in [1.807, 2.05) is 0 Å². The van der Waals surface area contributed by atoms with Crippen molar-refractivity contribution in [2.24, 2.45) is 0 Å². The van der Waals surface area contributed by atoms with E-state index < -0.39 is 29.9 Å². The molecule has 0 radical (unpaired) electrons. The maximum absolute atomic E-state index is 13.4. The summed E-state index contributed by atoms with van der Waals surface area (Å²) < 4.78 is 80.4. The third-order valence-electron chi connectivity index (χ3n) is 2.64. The molecule has 0 spiro atoms. The van der Waals surface area contributed by atoms with Crippen LogP contribution in [0, 0.1) is 5.82 Å². The van der Waals surface area contributed by atoms with E-state index in [1.54, 1.807) is 0 Å². The van der Waals surface area contributed by atoms with E-state index in [4.69, 9.17) is 0 Å². The molecule has 0 fully saturated rings. The van der Waals surface area contributed by atoms with Crippen LogP contribution < -0.4 is 4.74 Å². The smallest absolute Gasteiger partial charge is 0.417 e. The first-order chi connectivity index (χ1) is 9.77. The number of benzene rings is 2. The van der Waals surface area contributed by atoms with Gasteiger partial charge in [-0.15, -0.1) is 0 Å². The van der Waals surface area contributed by atoms with Crippen molar-refractivity contribution in [3.8, 4) is 16.9 Å². The minimum atomic E-state index is -4.65. The Balaban J connectivity index is 2.55. The average Bonchev–Trinajstić information content (AvgIpc) is 2.36. The Bertz CT molecular complexity index is 636. The van der Waals surface area contributed by atoms with Crippen LogP contribution in [0.3, 0.4) is 0 Å². The van der Waals surface area contributed by atoms with Crippen molar-refractivity contribution in [1.29, 1.82) is 0 Å². The van der Waals surface area contributed by atoms with Gasteiger partial charge >= 0.3 is 12.8 Å². The normalized spacial score (nSPS) is 11.8. The lowest BCUT2D eigenvalue weighted by molar-refractivity contribution is -0.137. The highest BCUT2D eigenvalue weighted by Gasteiger charge is 2.33. The second-order valence-electron chi connectivity index (χ2n) is 4.10. The second-order valence-corrected chi connectivity index (χ2v) is 4.10. The molecule has 0 aliphatic rings. The highest BCUT2D eigenvalue weighted by Crippen LogP contribution is 2.38. The van der Waals surface area contributed by atoms with E-state index in [-0.39, 0.29) is 11.1 Å².